The minimum atomic E-state index is -0.881. The van der Waals surface area contributed by atoms with Gasteiger partial charge in [0, 0.05) is 0 Å². The number of rotatable bonds is 1. The topological polar surface area (TPSA) is 0 Å². The van der Waals surface area contributed by atoms with Crippen molar-refractivity contribution >= 4 is 33.4 Å². The zero-order valence-electron chi connectivity index (χ0n) is 3.94. The lowest BCUT2D eigenvalue weighted by Gasteiger charge is -2.08. The van der Waals surface area contributed by atoms with Gasteiger partial charge in [0.05, 0.1) is 0 Å². The van der Waals surface area contributed by atoms with Gasteiger partial charge in [-0.2, -0.15) is 0 Å². The van der Waals surface area contributed by atoms with Gasteiger partial charge in [-0.15, -0.1) is 26.4 Å². The van der Waals surface area contributed by atoms with Gasteiger partial charge in [-0.25, -0.2) is 0 Å². The van der Waals surface area contributed by atoms with E-state index in [0.29, 0.717) is 0 Å². The van der Waals surface area contributed by atoms with Crippen LogP contribution in [0.1, 0.15) is 6.92 Å². The van der Waals surface area contributed by atoms with Gasteiger partial charge in [0.25, 0.3) is 0 Å². The fourth-order valence-corrected chi connectivity index (χ4v) is 0. The highest BCUT2D eigenvalue weighted by Crippen LogP contribution is 2.31. The summed E-state index contributed by atoms with van der Waals surface area (Å²) in [5.74, 6) is 0. The third-order valence-electron chi connectivity index (χ3n) is 0.612. The fourth-order valence-electron chi connectivity index (χ4n) is 0. The van der Waals surface area contributed by atoms with E-state index < -0.39 is 7.08 Å². The summed E-state index contributed by atoms with van der Waals surface area (Å²) in [5.41, 5.74) is 0. The summed E-state index contributed by atoms with van der Waals surface area (Å²) < 4.78 is 0. The van der Waals surface area contributed by atoms with Crippen molar-refractivity contribution in [1.82, 2.24) is 0 Å². The molecule has 0 aromatic rings. The first-order valence-corrected chi connectivity index (χ1v) is 9.56. The van der Waals surface area contributed by atoms with Crippen LogP contribution in [-0.2, 0) is 0 Å². The third kappa shape index (κ3) is 5.51. The molecule has 4 heteroatoms. The lowest BCUT2D eigenvalue weighted by Crippen LogP contribution is -2.00. The zero-order chi connectivity index (χ0) is 5.21. The minimum Gasteiger partial charge on any atom is -0.140 e. The molecular weight excluding hydrogens is 145 g/mol. The van der Waals surface area contributed by atoms with Gasteiger partial charge < -0.3 is 0 Å². The Morgan fingerprint density at radius 1 is 1.33 bits per heavy atom. The Hall–Kier alpha value is 1.51. The average molecular weight is 156 g/mol. The molecule has 0 aliphatic carbocycles. The van der Waals surface area contributed by atoms with Gasteiger partial charge in [0.15, 0.2) is 0 Å². The summed E-state index contributed by atoms with van der Waals surface area (Å²) in [6.07, 6.45) is 0. The molecule has 0 heterocycles. The SMILES string of the molecule is CC[Si](P)(P)P. The van der Waals surface area contributed by atoms with Crippen LogP contribution in [0.15, 0.2) is 0 Å². The second kappa shape index (κ2) is 2.73. The number of hydrogen-bond acceptors (Lipinski definition) is 0. The Balaban J connectivity index is 3.17. The lowest BCUT2D eigenvalue weighted by molar-refractivity contribution is 1.46. The monoisotopic (exact) mass is 156 g/mol. The van der Waals surface area contributed by atoms with Gasteiger partial charge in [0.2, 0.25) is 0 Å². The Kier molecular flexibility index (Phi) is 3.41. The van der Waals surface area contributed by atoms with Crippen molar-refractivity contribution in [2.45, 2.75) is 13.0 Å². The van der Waals surface area contributed by atoms with Gasteiger partial charge in [0.1, 0.15) is 7.08 Å². The van der Waals surface area contributed by atoms with Crippen LogP contribution < -0.4 is 0 Å². The van der Waals surface area contributed by atoms with Crippen molar-refractivity contribution < 1.29 is 0 Å². The van der Waals surface area contributed by atoms with Crippen LogP contribution in [0.3, 0.4) is 0 Å². The van der Waals surface area contributed by atoms with Crippen molar-refractivity contribution in [3.63, 3.8) is 0 Å². The van der Waals surface area contributed by atoms with Crippen molar-refractivity contribution in [3.05, 3.63) is 0 Å². The van der Waals surface area contributed by atoms with Gasteiger partial charge >= 0.3 is 0 Å². The summed E-state index contributed by atoms with van der Waals surface area (Å²) >= 11 is 0. The molecule has 6 heavy (non-hydrogen) atoms. The van der Waals surface area contributed by atoms with E-state index in [0.717, 1.165) is 0 Å². The lowest BCUT2D eigenvalue weighted by atomic mass is 11.0. The first-order valence-electron chi connectivity index (χ1n) is 1.93. The second-order valence-corrected chi connectivity index (χ2v) is 20.1. The average Bonchev–Trinajstić information content (AvgIpc) is 1.35. The van der Waals surface area contributed by atoms with Crippen LogP contribution in [0.5, 0.6) is 0 Å². The van der Waals surface area contributed by atoms with Crippen molar-refractivity contribution in [2.24, 2.45) is 0 Å². The summed E-state index contributed by atoms with van der Waals surface area (Å²) in [7, 11) is 7.69. The largest absolute Gasteiger partial charge is 0.140 e. The predicted molar refractivity (Wildman–Crippen MR) is 45.4 cm³/mol. The normalized spacial score (nSPS) is 12.0. The van der Waals surface area contributed by atoms with Crippen LogP contribution in [0, 0.1) is 0 Å². The zero-order valence-corrected chi connectivity index (χ0v) is 8.40. The molecule has 0 aliphatic rings. The number of hydrogen-bond donors (Lipinski definition) is 0. The highest BCUT2D eigenvalue weighted by molar-refractivity contribution is 8.23. The molecule has 3 unspecified atom stereocenters. The molecule has 0 aliphatic heterocycles. The van der Waals surface area contributed by atoms with Gasteiger partial charge in [-0.1, -0.05) is 6.92 Å². The summed E-state index contributed by atoms with van der Waals surface area (Å²) in [6.45, 7) is 2.21. The molecule has 0 amide bonds. The third-order valence-corrected chi connectivity index (χ3v) is 5.51. The van der Waals surface area contributed by atoms with E-state index in [2.05, 4.69) is 33.3 Å². The molecule has 0 bridgehead atoms. The first kappa shape index (κ1) is 7.51. The van der Waals surface area contributed by atoms with E-state index in [1.54, 1.807) is 0 Å². The maximum atomic E-state index is 2.86. The van der Waals surface area contributed by atoms with E-state index in [-0.39, 0.29) is 0 Å². The van der Waals surface area contributed by atoms with E-state index >= 15 is 0 Å². The van der Waals surface area contributed by atoms with Crippen molar-refractivity contribution in [1.29, 1.82) is 0 Å². The maximum absolute atomic E-state index is 2.86. The molecule has 38 valence electrons. The molecule has 0 saturated carbocycles. The molecule has 0 aromatic heterocycles. The Bertz CT molecular complexity index is 38.5. The second-order valence-electron chi connectivity index (χ2n) is 1.47. The Labute approximate surface area is 47.0 Å². The van der Waals surface area contributed by atoms with Crippen LogP contribution in [0.25, 0.3) is 0 Å². The van der Waals surface area contributed by atoms with Gasteiger partial charge in [-0.05, 0) is 6.04 Å². The highest BCUT2D eigenvalue weighted by Gasteiger charge is 2.08. The smallest absolute Gasteiger partial charge is 0.115 e. The summed E-state index contributed by atoms with van der Waals surface area (Å²) in [5, 5.41) is 0. The predicted octanol–water partition coefficient (Wildman–Crippen LogP) is 1.57. The molecule has 0 N–H and O–H groups in total. The van der Waals surface area contributed by atoms with Crippen molar-refractivity contribution in [3.8, 4) is 0 Å². The molecule has 3 atom stereocenters. The first-order chi connectivity index (χ1) is 2.56. The van der Waals surface area contributed by atoms with E-state index in [1.165, 1.54) is 6.04 Å². The molecule has 0 rings (SSSR count). The van der Waals surface area contributed by atoms with Crippen molar-refractivity contribution in [2.75, 3.05) is 0 Å². The Morgan fingerprint density at radius 3 is 1.50 bits per heavy atom. The van der Waals surface area contributed by atoms with Crippen LogP contribution in [-0.4, -0.2) is 7.08 Å². The molecule has 0 fully saturated rings. The molecule has 0 radical (unpaired) electrons. The van der Waals surface area contributed by atoms with Gasteiger partial charge in [-0.3, -0.25) is 0 Å². The molecule has 0 aromatic carbocycles. The summed E-state index contributed by atoms with van der Waals surface area (Å²) in [6, 6.07) is 1.30. The Morgan fingerprint density at radius 2 is 1.50 bits per heavy atom. The molecular formula is C2H11P3Si. The van der Waals surface area contributed by atoms with Crippen LogP contribution in [0.2, 0.25) is 6.04 Å². The van der Waals surface area contributed by atoms with E-state index in [4.69, 9.17) is 0 Å². The van der Waals surface area contributed by atoms with E-state index in [1.807, 2.05) is 0 Å². The summed E-state index contributed by atoms with van der Waals surface area (Å²) in [4.78, 5) is 0. The minimum absolute atomic E-state index is 0.881. The standard InChI is InChI=1S/C2H11P3Si/c1-2-6(3,4)5/h2-5H2,1H3. The van der Waals surface area contributed by atoms with Crippen LogP contribution >= 0.6 is 26.4 Å². The maximum Gasteiger partial charge on any atom is 0.115 e. The highest BCUT2D eigenvalue weighted by atomic mass is 31.8. The molecule has 0 spiro atoms. The quantitative estimate of drug-likeness (QED) is 0.399. The molecule has 0 saturated heterocycles. The molecule has 0 nitrogen and oxygen atoms in total. The fraction of sp³-hybridized carbons (Fsp3) is 1.00. The van der Waals surface area contributed by atoms with Crippen LogP contribution in [0.4, 0.5) is 0 Å². The van der Waals surface area contributed by atoms with E-state index in [9.17, 15) is 0 Å².